The molecule has 3 rings (SSSR count). The van der Waals surface area contributed by atoms with Crippen molar-refractivity contribution in [3.05, 3.63) is 66.4 Å². The van der Waals surface area contributed by atoms with Gasteiger partial charge in [-0.25, -0.2) is 0 Å². The second-order valence-electron chi connectivity index (χ2n) is 6.11. The van der Waals surface area contributed by atoms with Crippen molar-refractivity contribution in [1.29, 1.82) is 5.26 Å². The molecule has 2 aromatic carbocycles. The number of nitrogens with one attached hydrogen (secondary N) is 2. The van der Waals surface area contributed by atoms with Gasteiger partial charge in [0.2, 0.25) is 0 Å². The molecule has 1 aliphatic rings. The van der Waals surface area contributed by atoms with Gasteiger partial charge in [0.05, 0.1) is 6.10 Å². The Morgan fingerprint density at radius 2 is 1.93 bits per heavy atom. The topological polar surface area (TPSA) is 83.4 Å². The molecule has 0 aromatic heterocycles. The summed E-state index contributed by atoms with van der Waals surface area (Å²) in [6.07, 6.45) is 3.61. The maximum absolute atomic E-state index is 12.2. The van der Waals surface area contributed by atoms with Crippen molar-refractivity contribution in [3.63, 3.8) is 0 Å². The molecule has 1 fully saturated rings. The highest BCUT2D eigenvalue weighted by atomic mass is 16.5. The number of hydrogen-bond donors (Lipinski definition) is 2. The first-order valence-corrected chi connectivity index (χ1v) is 8.84. The summed E-state index contributed by atoms with van der Waals surface area (Å²) in [6.45, 7) is 1.36. The number of nitrogens with zero attached hydrogens (tertiary/aromatic N) is 1. The minimum absolute atomic E-state index is 0.0117. The van der Waals surface area contributed by atoms with Crippen molar-refractivity contribution in [2.45, 2.75) is 18.9 Å². The van der Waals surface area contributed by atoms with Crippen molar-refractivity contribution in [2.24, 2.45) is 0 Å². The van der Waals surface area contributed by atoms with E-state index in [9.17, 15) is 10.1 Å². The number of ether oxygens (including phenoxy) is 2. The van der Waals surface area contributed by atoms with Crippen molar-refractivity contribution >= 4 is 11.6 Å². The summed E-state index contributed by atoms with van der Waals surface area (Å²) in [5, 5.41) is 14.9. The van der Waals surface area contributed by atoms with Crippen LogP contribution in [0.15, 0.2) is 66.4 Å². The van der Waals surface area contributed by atoms with Crippen molar-refractivity contribution in [3.8, 4) is 17.6 Å². The Labute approximate surface area is 158 Å². The average Bonchev–Trinajstić information content (AvgIpc) is 3.21. The third-order valence-electron chi connectivity index (χ3n) is 4.07. The van der Waals surface area contributed by atoms with Crippen LogP contribution in [0.3, 0.4) is 0 Å². The molecule has 2 N–H and O–H groups in total. The molecule has 1 amide bonds. The summed E-state index contributed by atoms with van der Waals surface area (Å²) in [4.78, 5) is 12.2. The number of para-hydroxylation sites is 1. The lowest BCUT2D eigenvalue weighted by Gasteiger charge is -2.10. The summed E-state index contributed by atoms with van der Waals surface area (Å²) < 4.78 is 11.2. The lowest BCUT2D eigenvalue weighted by atomic mass is 10.2. The molecule has 6 nitrogen and oxygen atoms in total. The fourth-order valence-corrected chi connectivity index (χ4v) is 2.68. The van der Waals surface area contributed by atoms with Gasteiger partial charge in [-0.15, -0.1) is 0 Å². The van der Waals surface area contributed by atoms with Gasteiger partial charge in [-0.1, -0.05) is 18.2 Å². The first-order chi connectivity index (χ1) is 13.2. The summed E-state index contributed by atoms with van der Waals surface area (Å²) in [5.74, 6) is 0.934. The van der Waals surface area contributed by atoms with E-state index in [1.807, 2.05) is 36.4 Å². The Hall–Kier alpha value is -3.30. The zero-order valence-electron chi connectivity index (χ0n) is 14.9. The van der Waals surface area contributed by atoms with Crippen LogP contribution in [-0.2, 0) is 9.53 Å². The van der Waals surface area contributed by atoms with Gasteiger partial charge in [-0.05, 0) is 49.2 Å². The lowest BCUT2D eigenvalue weighted by Crippen LogP contribution is -2.24. The molecular formula is C21H21N3O3. The number of rotatable bonds is 7. The molecule has 27 heavy (non-hydrogen) atoms. The Morgan fingerprint density at radius 1 is 1.19 bits per heavy atom. The normalized spacial score (nSPS) is 16.4. The molecule has 1 atom stereocenters. The second kappa shape index (κ2) is 9.41. The van der Waals surface area contributed by atoms with Crippen molar-refractivity contribution in [1.82, 2.24) is 5.32 Å². The van der Waals surface area contributed by atoms with E-state index < -0.39 is 5.91 Å². The largest absolute Gasteiger partial charge is 0.457 e. The molecule has 138 valence electrons. The number of hydrogen-bond acceptors (Lipinski definition) is 5. The van der Waals surface area contributed by atoms with E-state index in [0.717, 1.165) is 25.2 Å². The van der Waals surface area contributed by atoms with Gasteiger partial charge >= 0.3 is 0 Å². The second-order valence-corrected chi connectivity index (χ2v) is 6.11. The lowest BCUT2D eigenvalue weighted by molar-refractivity contribution is -0.112. The number of benzene rings is 2. The minimum Gasteiger partial charge on any atom is -0.457 e. The maximum Gasteiger partial charge on any atom is 0.267 e. The Kier molecular flexibility index (Phi) is 6.45. The average molecular weight is 363 g/mol. The van der Waals surface area contributed by atoms with Gasteiger partial charge in [-0.2, -0.15) is 5.26 Å². The highest BCUT2D eigenvalue weighted by Crippen LogP contribution is 2.22. The Morgan fingerprint density at radius 3 is 2.59 bits per heavy atom. The van der Waals surface area contributed by atoms with Gasteiger partial charge < -0.3 is 20.1 Å². The zero-order chi connectivity index (χ0) is 18.9. The fourth-order valence-electron chi connectivity index (χ4n) is 2.68. The highest BCUT2D eigenvalue weighted by Gasteiger charge is 2.15. The van der Waals surface area contributed by atoms with Gasteiger partial charge in [0, 0.05) is 25.0 Å². The van der Waals surface area contributed by atoms with E-state index in [-0.39, 0.29) is 11.7 Å². The van der Waals surface area contributed by atoms with E-state index in [0.29, 0.717) is 18.0 Å². The quantitative estimate of drug-likeness (QED) is 0.580. The molecule has 0 spiro atoms. The molecule has 1 unspecified atom stereocenters. The summed E-state index contributed by atoms with van der Waals surface area (Å²) in [7, 11) is 0. The van der Waals surface area contributed by atoms with E-state index in [1.165, 1.54) is 6.20 Å². The van der Waals surface area contributed by atoms with Crippen LogP contribution < -0.4 is 15.4 Å². The Bertz CT molecular complexity index is 820. The molecule has 6 heteroatoms. The standard InChI is InChI=1S/C21H21N3O3/c22-13-16(14-23-15-20-7-4-12-26-20)21(25)24-17-8-10-19(11-9-17)27-18-5-2-1-3-6-18/h1-3,5-6,8-11,14,20,23H,4,7,12,15H2,(H,24,25)/b16-14-. The molecule has 0 aliphatic carbocycles. The minimum atomic E-state index is -0.464. The smallest absolute Gasteiger partial charge is 0.267 e. The third-order valence-corrected chi connectivity index (χ3v) is 4.07. The van der Waals surface area contributed by atoms with Crippen molar-refractivity contribution in [2.75, 3.05) is 18.5 Å². The predicted molar refractivity (Wildman–Crippen MR) is 102 cm³/mol. The number of carbonyl (C=O) groups is 1. The van der Waals surface area contributed by atoms with E-state index in [4.69, 9.17) is 9.47 Å². The maximum atomic E-state index is 12.2. The fraction of sp³-hybridized carbons (Fsp3) is 0.238. The molecular weight excluding hydrogens is 342 g/mol. The molecule has 1 heterocycles. The first-order valence-electron chi connectivity index (χ1n) is 8.84. The Balaban J connectivity index is 1.53. The zero-order valence-corrected chi connectivity index (χ0v) is 14.9. The first kappa shape index (κ1) is 18.5. The molecule has 0 bridgehead atoms. The van der Waals surface area contributed by atoms with Gasteiger partial charge in [-0.3, -0.25) is 4.79 Å². The molecule has 0 saturated carbocycles. The van der Waals surface area contributed by atoms with Crippen LogP contribution >= 0.6 is 0 Å². The van der Waals surface area contributed by atoms with Crippen LogP contribution in [0, 0.1) is 11.3 Å². The van der Waals surface area contributed by atoms with Crippen LogP contribution in [0.5, 0.6) is 11.5 Å². The summed E-state index contributed by atoms with van der Waals surface area (Å²) in [6, 6.07) is 18.3. The number of carbonyl (C=O) groups excluding carboxylic acids is 1. The molecule has 0 radical (unpaired) electrons. The van der Waals surface area contributed by atoms with Crippen LogP contribution in [0.25, 0.3) is 0 Å². The number of anilines is 1. The van der Waals surface area contributed by atoms with Gasteiger partial charge in [0.15, 0.2) is 0 Å². The number of nitriles is 1. The van der Waals surface area contributed by atoms with Gasteiger partial charge in [0.25, 0.3) is 5.91 Å². The van der Waals surface area contributed by atoms with E-state index in [1.54, 1.807) is 24.3 Å². The van der Waals surface area contributed by atoms with E-state index >= 15 is 0 Å². The molecule has 1 aliphatic heterocycles. The predicted octanol–water partition coefficient (Wildman–Crippen LogP) is 3.59. The van der Waals surface area contributed by atoms with Gasteiger partial charge in [0.1, 0.15) is 23.1 Å². The third kappa shape index (κ3) is 5.59. The van der Waals surface area contributed by atoms with Crippen LogP contribution in [0.2, 0.25) is 0 Å². The SMILES string of the molecule is N#C/C(=C/NCC1CCCO1)C(=O)Nc1ccc(Oc2ccccc2)cc1. The van der Waals surface area contributed by atoms with E-state index in [2.05, 4.69) is 10.6 Å². The molecule has 2 aromatic rings. The van der Waals surface area contributed by atoms with Crippen molar-refractivity contribution < 1.29 is 14.3 Å². The van der Waals surface area contributed by atoms with Crippen LogP contribution in [-0.4, -0.2) is 25.2 Å². The summed E-state index contributed by atoms with van der Waals surface area (Å²) >= 11 is 0. The van der Waals surface area contributed by atoms with Crippen LogP contribution in [0.1, 0.15) is 12.8 Å². The number of amides is 1. The summed E-state index contributed by atoms with van der Waals surface area (Å²) in [5.41, 5.74) is 0.596. The monoisotopic (exact) mass is 363 g/mol. The highest BCUT2D eigenvalue weighted by molar-refractivity contribution is 6.06. The van der Waals surface area contributed by atoms with Crippen LogP contribution in [0.4, 0.5) is 5.69 Å². The molecule has 1 saturated heterocycles.